The Balaban J connectivity index is 1.75. The van der Waals surface area contributed by atoms with Crippen molar-refractivity contribution < 1.29 is 0 Å². The van der Waals surface area contributed by atoms with Crippen molar-refractivity contribution in [3.05, 3.63) is 35.4 Å². The van der Waals surface area contributed by atoms with Crippen molar-refractivity contribution in [2.45, 2.75) is 33.2 Å². The molecule has 1 atom stereocenters. The Bertz CT molecular complexity index is 383. The summed E-state index contributed by atoms with van der Waals surface area (Å²) in [4.78, 5) is 5.07. The standard InChI is InChI=1S/C17H28N2/c1-15-7-6-8-17(11-15)14-18(3)12-16(2)13-19-9-4-5-10-19/h6-8,11,16H,4-5,9-10,12-14H2,1-3H3. The molecular weight excluding hydrogens is 232 g/mol. The molecule has 1 heterocycles. The molecule has 2 nitrogen and oxygen atoms in total. The molecule has 0 N–H and O–H groups in total. The molecule has 19 heavy (non-hydrogen) atoms. The fourth-order valence-electron chi connectivity index (χ4n) is 3.18. The maximum absolute atomic E-state index is 2.62. The zero-order chi connectivity index (χ0) is 13.7. The van der Waals surface area contributed by atoms with Crippen LogP contribution in [0, 0.1) is 12.8 Å². The lowest BCUT2D eigenvalue weighted by Crippen LogP contribution is -2.32. The highest BCUT2D eigenvalue weighted by molar-refractivity contribution is 5.21. The van der Waals surface area contributed by atoms with E-state index in [1.165, 1.54) is 50.1 Å². The third-order valence-corrected chi connectivity index (χ3v) is 3.93. The fraction of sp³-hybridized carbons (Fsp3) is 0.647. The van der Waals surface area contributed by atoms with Gasteiger partial charge in [-0.05, 0) is 51.4 Å². The highest BCUT2D eigenvalue weighted by Gasteiger charge is 2.15. The van der Waals surface area contributed by atoms with Gasteiger partial charge in [-0.3, -0.25) is 0 Å². The van der Waals surface area contributed by atoms with E-state index in [4.69, 9.17) is 0 Å². The van der Waals surface area contributed by atoms with Gasteiger partial charge in [-0.15, -0.1) is 0 Å². The smallest absolute Gasteiger partial charge is 0.0230 e. The molecule has 0 bridgehead atoms. The van der Waals surface area contributed by atoms with Crippen LogP contribution in [-0.4, -0.2) is 43.0 Å². The van der Waals surface area contributed by atoms with Gasteiger partial charge in [0, 0.05) is 19.6 Å². The third kappa shape index (κ3) is 4.96. The van der Waals surface area contributed by atoms with E-state index in [1.54, 1.807) is 0 Å². The largest absolute Gasteiger partial charge is 0.303 e. The van der Waals surface area contributed by atoms with Crippen molar-refractivity contribution in [1.82, 2.24) is 9.80 Å². The fourth-order valence-corrected chi connectivity index (χ4v) is 3.18. The van der Waals surface area contributed by atoms with Crippen LogP contribution < -0.4 is 0 Å². The van der Waals surface area contributed by atoms with Gasteiger partial charge in [-0.25, -0.2) is 0 Å². The molecule has 0 amide bonds. The molecular formula is C17H28N2. The van der Waals surface area contributed by atoms with Crippen LogP contribution in [0.4, 0.5) is 0 Å². The number of hydrogen-bond acceptors (Lipinski definition) is 2. The molecule has 0 radical (unpaired) electrons. The molecule has 2 rings (SSSR count). The van der Waals surface area contributed by atoms with E-state index in [9.17, 15) is 0 Å². The highest BCUT2D eigenvalue weighted by Crippen LogP contribution is 2.12. The van der Waals surface area contributed by atoms with E-state index in [0.717, 1.165) is 12.5 Å². The summed E-state index contributed by atoms with van der Waals surface area (Å²) in [5.41, 5.74) is 2.78. The number of benzene rings is 1. The second kappa shape index (κ2) is 7.06. The van der Waals surface area contributed by atoms with E-state index in [1.807, 2.05) is 0 Å². The van der Waals surface area contributed by atoms with Crippen LogP contribution in [0.1, 0.15) is 30.9 Å². The number of likely N-dealkylation sites (tertiary alicyclic amines) is 1. The van der Waals surface area contributed by atoms with Crippen LogP contribution >= 0.6 is 0 Å². The van der Waals surface area contributed by atoms with E-state index in [-0.39, 0.29) is 0 Å². The summed E-state index contributed by atoms with van der Waals surface area (Å²) in [5, 5.41) is 0. The first-order valence-electron chi connectivity index (χ1n) is 7.60. The highest BCUT2D eigenvalue weighted by atomic mass is 15.2. The predicted molar refractivity (Wildman–Crippen MR) is 82.4 cm³/mol. The van der Waals surface area contributed by atoms with Gasteiger partial charge in [0.25, 0.3) is 0 Å². The van der Waals surface area contributed by atoms with Crippen LogP contribution in [0.5, 0.6) is 0 Å². The van der Waals surface area contributed by atoms with Crippen LogP contribution in [0.25, 0.3) is 0 Å². The Kier molecular flexibility index (Phi) is 5.41. The lowest BCUT2D eigenvalue weighted by atomic mass is 10.1. The zero-order valence-corrected chi connectivity index (χ0v) is 12.7. The first-order chi connectivity index (χ1) is 9.13. The van der Waals surface area contributed by atoms with Gasteiger partial charge in [0.2, 0.25) is 0 Å². The van der Waals surface area contributed by atoms with Gasteiger partial charge in [-0.2, -0.15) is 0 Å². The summed E-state index contributed by atoms with van der Waals surface area (Å²) in [6.07, 6.45) is 2.79. The van der Waals surface area contributed by atoms with Gasteiger partial charge >= 0.3 is 0 Å². The summed E-state index contributed by atoms with van der Waals surface area (Å²) < 4.78 is 0. The summed E-state index contributed by atoms with van der Waals surface area (Å²) in [5.74, 6) is 0.757. The lowest BCUT2D eigenvalue weighted by molar-refractivity contribution is 0.221. The number of aryl methyl sites for hydroxylation is 1. The van der Waals surface area contributed by atoms with Crippen molar-refractivity contribution in [3.63, 3.8) is 0 Å². The maximum Gasteiger partial charge on any atom is 0.0230 e. The van der Waals surface area contributed by atoms with Gasteiger partial charge in [0.05, 0.1) is 0 Å². The van der Waals surface area contributed by atoms with Crippen molar-refractivity contribution in [1.29, 1.82) is 0 Å². The molecule has 1 aliphatic rings. The Hall–Kier alpha value is -0.860. The monoisotopic (exact) mass is 260 g/mol. The van der Waals surface area contributed by atoms with Crippen LogP contribution in [0.15, 0.2) is 24.3 Å². The first-order valence-corrected chi connectivity index (χ1v) is 7.60. The average molecular weight is 260 g/mol. The normalized spacial score (nSPS) is 18.1. The molecule has 1 aromatic rings. The second-order valence-electron chi connectivity index (χ2n) is 6.30. The maximum atomic E-state index is 2.62. The Morgan fingerprint density at radius 2 is 2.00 bits per heavy atom. The Morgan fingerprint density at radius 1 is 1.26 bits per heavy atom. The Labute approximate surface area is 118 Å². The zero-order valence-electron chi connectivity index (χ0n) is 12.7. The van der Waals surface area contributed by atoms with E-state index >= 15 is 0 Å². The molecule has 1 saturated heterocycles. The van der Waals surface area contributed by atoms with Gasteiger partial charge < -0.3 is 9.80 Å². The minimum absolute atomic E-state index is 0.757. The quantitative estimate of drug-likeness (QED) is 0.775. The van der Waals surface area contributed by atoms with Crippen molar-refractivity contribution in [3.8, 4) is 0 Å². The number of hydrogen-bond donors (Lipinski definition) is 0. The van der Waals surface area contributed by atoms with Crippen molar-refractivity contribution >= 4 is 0 Å². The molecule has 0 spiro atoms. The summed E-state index contributed by atoms with van der Waals surface area (Å²) in [6, 6.07) is 8.85. The first kappa shape index (κ1) is 14.5. The van der Waals surface area contributed by atoms with E-state index < -0.39 is 0 Å². The van der Waals surface area contributed by atoms with E-state index in [0.29, 0.717) is 0 Å². The minimum Gasteiger partial charge on any atom is -0.303 e. The van der Waals surface area contributed by atoms with Gasteiger partial charge in [-0.1, -0.05) is 36.8 Å². The molecule has 1 unspecified atom stereocenters. The van der Waals surface area contributed by atoms with Gasteiger partial charge in [0.15, 0.2) is 0 Å². The molecule has 2 heteroatoms. The topological polar surface area (TPSA) is 6.48 Å². The third-order valence-electron chi connectivity index (χ3n) is 3.93. The van der Waals surface area contributed by atoms with Crippen LogP contribution in [-0.2, 0) is 6.54 Å². The Morgan fingerprint density at radius 3 is 2.68 bits per heavy atom. The second-order valence-corrected chi connectivity index (χ2v) is 6.30. The van der Waals surface area contributed by atoms with Crippen molar-refractivity contribution in [2.75, 3.05) is 33.2 Å². The summed E-state index contributed by atoms with van der Waals surface area (Å²) in [7, 11) is 2.24. The summed E-state index contributed by atoms with van der Waals surface area (Å²) in [6.45, 7) is 10.7. The molecule has 1 aliphatic heterocycles. The molecule has 1 aromatic carbocycles. The number of rotatable bonds is 6. The SMILES string of the molecule is Cc1cccc(CN(C)CC(C)CN2CCCC2)c1. The summed E-state index contributed by atoms with van der Waals surface area (Å²) >= 11 is 0. The number of nitrogens with zero attached hydrogens (tertiary/aromatic N) is 2. The lowest BCUT2D eigenvalue weighted by Gasteiger charge is -2.25. The molecule has 0 aromatic heterocycles. The molecule has 0 aliphatic carbocycles. The predicted octanol–water partition coefficient (Wildman–Crippen LogP) is 3.16. The van der Waals surface area contributed by atoms with E-state index in [2.05, 4.69) is 55.0 Å². The molecule has 106 valence electrons. The average Bonchev–Trinajstić information content (AvgIpc) is 2.81. The molecule has 0 saturated carbocycles. The van der Waals surface area contributed by atoms with Crippen LogP contribution in [0.3, 0.4) is 0 Å². The molecule has 1 fully saturated rings. The van der Waals surface area contributed by atoms with Crippen LogP contribution in [0.2, 0.25) is 0 Å². The minimum atomic E-state index is 0.757. The van der Waals surface area contributed by atoms with Gasteiger partial charge in [0.1, 0.15) is 0 Å². The van der Waals surface area contributed by atoms with Crippen molar-refractivity contribution in [2.24, 2.45) is 5.92 Å².